The molecule has 11 heteroatoms. The van der Waals surface area contributed by atoms with Gasteiger partial charge in [-0.05, 0) is 58.4 Å². The van der Waals surface area contributed by atoms with Crippen molar-refractivity contribution in [2.24, 2.45) is 0 Å². The first-order valence-corrected chi connectivity index (χ1v) is 11.8. The standard InChI is InChI=1S/C26H28F3N3O5/c1-15-21(23(33)31-17-9-11-32(13-17)24(34)37-25(2,3)4)19-12-18(7-8-20(19)36-15)35-14-16-6-5-10-30-22(16)26(27,28)29/h5-8,10,12,17H,9,11,13-14H2,1-4H3,(H,31,33). The van der Waals surface area contributed by atoms with E-state index in [1.54, 1.807) is 50.8 Å². The number of nitrogens with zero attached hydrogens (tertiary/aromatic N) is 2. The predicted octanol–water partition coefficient (Wildman–Crippen LogP) is 5.47. The van der Waals surface area contributed by atoms with Crippen LogP contribution in [0.3, 0.4) is 0 Å². The minimum Gasteiger partial charge on any atom is -0.489 e. The van der Waals surface area contributed by atoms with Gasteiger partial charge in [-0.2, -0.15) is 13.2 Å². The summed E-state index contributed by atoms with van der Waals surface area (Å²) in [5, 5.41) is 3.41. The number of aryl methyl sites for hydroxylation is 1. The summed E-state index contributed by atoms with van der Waals surface area (Å²) < 4.78 is 56.4. The Kier molecular flexibility index (Phi) is 7.07. The average Bonchev–Trinajstić information content (AvgIpc) is 3.39. The van der Waals surface area contributed by atoms with Gasteiger partial charge in [0.2, 0.25) is 0 Å². The maximum Gasteiger partial charge on any atom is 0.433 e. The summed E-state index contributed by atoms with van der Waals surface area (Å²) in [6.07, 6.45) is -3.38. The number of likely N-dealkylation sites (tertiary alicyclic amines) is 1. The van der Waals surface area contributed by atoms with Crippen LogP contribution in [0.5, 0.6) is 5.75 Å². The van der Waals surface area contributed by atoms with Gasteiger partial charge in [-0.1, -0.05) is 6.07 Å². The van der Waals surface area contributed by atoms with Crippen molar-refractivity contribution in [3.05, 3.63) is 59.1 Å². The number of carbonyl (C=O) groups is 2. The van der Waals surface area contributed by atoms with E-state index in [2.05, 4.69) is 10.3 Å². The quantitative estimate of drug-likeness (QED) is 0.480. The monoisotopic (exact) mass is 519 g/mol. The number of pyridine rings is 1. The zero-order chi connectivity index (χ0) is 27.0. The Morgan fingerprint density at radius 3 is 2.68 bits per heavy atom. The number of alkyl halides is 3. The van der Waals surface area contributed by atoms with E-state index in [1.807, 2.05) is 0 Å². The number of furan rings is 1. The van der Waals surface area contributed by atoms with E-state index in [9.17, 15) is 22.8 Å². The fourth-order valence-electron chi connectivity index (χ4n) is 4.17. The highest BCUT2D eigenvalue weighted by Gasteiger charge is 2.35. The molecular weight excluding hydrogens is 491 g/mol. The van der Waals surface area contributed by atoms with Crippen LogP contribution in [0.4, 0.5) is 18.0 Å². The average molecular weight is 520 g/mol. The summed E-state index contributed by atoms with van der Waals surface area (Å²) in [7, 11) is 0. The molecule has 1 saturated heterocycles. The number of nitrogens with one attached hydrogen (secondary N) is 1. The van der Waals surface area contributed by atoms with Crippen molar-refractivity contribution in [3.8, 4) is 5.75 Å². The van der Waals surface area contributed by atoms with E-state index >= 15 is 0 Å². The van der Waals surface area contributed by atoms with Crippen LogP contribution in [0.25, 0.3) is 11.0 Å². The van der Waals surface area contributed by atoms with Gasteiger partial charge in [0.15, 0.2) is 5.69 Å². The Balaban J connectivity index is 1.47. The second-order valence-electron chi connectivity index (χ2n) is 9.87. The van der Waals surface area contributed by atoms with E-state index in [4.69, 9.17) is 13.9 Å². The minimum atomic E-state index is -4.60. The van der Waals surface area contributed by atoms with Gasteiger partial charge in [0.05, 0.1) is 5.56 Å². The van der Waals surface area contributed by atoms with E-state index in [-0.39, 0.29) is 29.9 Å². The minimum absolute atomic E-state index is 0.104. The molecule has 1 aliphatic heterocycles. The molecule has 0 radical (unpaired) electrons. The lowest BCUT2D eigenvalue weighted by Crippen LogP contribution is -2.40. The predicted molar refractivity (Wildman–Crippen MR) is 128 cm³/mol. The Morgan fingerprint density at radius 1 is 1.22 bits per heavy atom. The number of amides is 2. The topological polar surface area (TPSA) is 93.9 Å². The van der Waals surface area contributed by atoms with Crippen molar-refractivity contribution >= 4 is 23.0 Å². The molecule has 3 aromatic rings. The van der Waals surface area contributed by atoms with Crippen molar-refractivity contribution in [2.75, 3.05) is 13.1 Å². The van der Waals surface area contributed by atoms with Gasteiger partial charge in [-0.3, -0.25) is 9.78 Å². The Labute approximate surface area is 211 Å². The van der Waals surface area contributed by atoms with Crippen LogP contribution in [0.15, 0.2) is 40.9 Å². The molecule has 1 fully saturated rings. The first kappa shape index (κ1) is 26.3. The maximum atomic E-state index is 13.2. The molecule has 1 aliphatic rings. The summed E-state index contributed by atoms with van der Waals surface area (Å²) in [4.78, 5) is 30.5. The number of carbonyl (C=O) groups excluding carboxylic acids is 2. The molecule has 37 heavy (non-hydrogen) atoms. The van der Waals surface area contributed by atoms with Crippen LogP contribution in [0, 0.1) is 6.92 Å². The molecule has 8 nitrogen and oxygen atoms in total. The largest absolute Gasteiger partial charge is 0.489 e. The Bertz CT molecular complexity index is 1310. The molecular formula is C26H28F3N3O5. The lowest BCUT2D eigenvalue weighted by Gasteiger charge is -2.24. The fraction of sp³-hybridized carbons (Fsp3) is 0.423. The Morgan fingerprint density at radius 2 is 1.97 bits per heavy atom. The van der Waals surface area contributed by atoms with Crippen LogP contribution in [-0.2, 0) is 17.5 Å². The molecule has 1 atom stereocenters. The van der Waals surface area contributed by atoms with Gasteiger partial charge < -0.3 is 24.1 Å². The van der Waals surface area contributed by atoms with Crippen LogP contribution >= 0.6 is 0 Å². The molecule has 0 aliphatic carbocycles. The van der Waals surface area contributed by atoms with Gasteiger partial charge in [0.25, 0.3) is 5.91 Å². The van der Waals surface area contributed by atoms with E-state index in [0.717, 1.165) is 6.20 Å². The lowest BCUT2D eigenvalue weighted by atomic mass is 10.1. The third-order valence-corrected chi connectivity index (χ3v) is 5.79. The summed E-state index contributed by atoms with van der Waals surface area (Å²) in [6, 6.07) is 7.17. The third kappa shape index (κ3) is 6.15. The van der Waals surface area contributed by atoms with E-state index < -0.39 is 23.6 Å². The smallest absolute Gasteiger partial charge is 0.433 e. The van der Waals surface area contributed by atoms with Crippen molar-refractivity contribution in [2.45, 2.75) is 58.5 Å². The number of halogens is 3. The molecule has 198 valence electrons. The highest BCUT2D eigenvalue weighted by atomic mass is 19.4. The summed E-state index contributed by atoms with van der Waals surface area (Å²) in [5.74, 6) is 0.283. The molecule has 2 amide bonds. The SMILES string of the molecule is Cc1oc2ccc(OCc3cccnc3C(F)(F)F)cc2c1C(=O)NC1CCN(C(=O)OC(C)(C)C)C1. The van der Waals surface area contributed by atoms with Crippen molar-refractivity contribution in [1.29, 1.82) is 0 Å². The van der Waals surface area contributed by atoms with Crippen LogP contribution in [0.2, 0.25) is 0 Å². The van der Waals surface area contributed by atoms with Gasteiger partial charge in [-0.15, -0.1) is 0 Å². The molecule has 0 bridgehead atoms. The van der Waals surface area contributed by atoms with Gasteiger partial charge >= 0.3 is 12.3 Å². The molecule has 0 saturated carbocycles. The second kappa shape index (κ2) is 9.95. The molecule has 2 aromatic heterocycles. The summed E-state index contributed by atoms with van der Waals surface area (Å²) in [5.41, 5.74) is -0.988. The molecule has 0 spiro atoms. The highest BCUT2D eigenvalue weighted by molar-refractivity contribution is 6.07. The van der Waals surface area contributed by atoms with Gasteiger partial charge in [0, 0.05) is 36.3 Å². The number of rotatable bonds is 5. The molecule has 1 unspecified atom stereocenters. The highest BCUT2D eigenvalue weighted by Crippen LogP contribution is 2.32. The van der Waals surface area contributed by atoms with Crippen molar-refractivity contribution in [1.82, 2.24) is 15.2 Å². The number of benzene rings is 1. The van der Waals surface area contributed by atoms with Gasteiger partial charge in [0.1, 0.15) is 29.3 Å². The maximum absolute atomic E-state index is 13.2. The molecule has 3 heterocycles. The zero-order valence-electron chi connectivity index (χ0n) is 20.9. The van der Waals surface area contributed by atoms with Crippen LogP contribution in [-0.4, -0.2) is 46.6 Å². The molecule has 1 N–H and O–H groups in total. The first-order valence-electron chi connectivity index (χ1n) is 11.8. The number of hydrogen-bond acceptors (Lipinski definition) is 6. The van der Waals surface area contributed by atoms with E-state index in [0.29, 0.717) is 41.8 Å². The Hall–Kier alpha value is -3.76. The normalized spacial score (nSPS) is 16.2. The second-order valence-corrected chi connectivity index (χ2v) is 9.87. The van der Waals surface area contributed by atoms with Crippen molar-refractivity contribution in [3.63, 3.8) is 0 Å². The van der Waals surface area contributed by atoms with Gasteiger partial charge in [-0.25, -0.2) is 4.79 Å². The first-order chi connectivity index (χ1) is 17.3. The third-order valence-electron chi connectivity index (χ3n) is 5.79. The number of ether oxygens (including phenoxy) is 2. The van der Waals surface area contributed by atoms with E-state index in [1.165, 1.54) is 12.1 Å². The lowest BCUT2D eigenvalue weighted by molar-refractivity contribution is -0.142. The summed E-state index contributed by atoms with van der Waals surface area (Å²) in [6.45, 7) is 7.44. The number of hydrogen-bond donors (Lipinski definition) is 1. The van der Waals surface area contributed by atoms with Crippen molar-refractivity contribution < 1.29 is 36.7 Å². The number of fused-ring (bicyclic) bond motifs is 1. The van der Waals surface area contributed by atoms with Crippen LogP contribution in [0.1, 0.15) is 54.6 Å². The molecule has 1 aromatic carbocycles. The number of aromatic nitrogens is 1. The van der Waals surface area contributed by atoms with Crippen LogP contribution < -0.4 is 10.1 Å². The summed E-state index contributed by atoms with van der Waals surface area (Å²) >= 11 is 0. The molecule has 4 rings (SSSR count). The zero-order valence-corrected chi connectivity index (χ0v) is 20.9. The fourth-order valence-corrected chi connectivity index (χ4v) is 4.17.